The fourth-order valence-electron chi connectivity index (χ4n) is 1.27. The van der Waals surface area contributed by atoms with Gasteiger partial charge in [0.25, 0.3) is 0 Å². The van der Waals surface area contributed by atoms with Gasteiger partial charge in [-0.2, -0.15) is 0 Å². The Hall–Kier alpha value is -0.230. The van der Waals surface area contributed by atoms with Crippen LogP contribution in [-0.2, 0) is 6.42 Å². The Balaban J connectivity index is 2.62. The van der Waals surface area contributed by atoms with E-state index >= 15 is 0 Å². The third kappa shape index (κ3) is 6.97. The number of nitro groups is 1. The molecule has 0 bridgehead atoms. The second kappa shape index (κ2) is 7.16. The number of benzene rings is 1. The summed E-state index contributed by atoms with van der Waals surface area (Å²) in [5, 5.41) is 21.6. The number of alkyl halides is 1. The van der Waals surface area contributed by atoms with Crippen LogP contribution < -0.4 is 0 Å². The number of hydrogen-bond acceptors (Lipinski definition) is 5. The molecule has 0 aliphatic carbocycles. The molecule has 1 aromatic carbocycles. The minimum atomic E-state index is -3.34. The summed E-state index contributed by atoms with van der Waals surface area (Å²) in [6.45, 7) is 0. The van der Waals surface area contributed by atoms with Crippen LogP contribution in [0.15, 0.2) is 34.3 Å². The third-order valence-corrected chi connectivity index (χ3v) is 3.47. The zero-order chi connectivity index (χ0) is 15.4. The number of aliphatic hydroxyl groups is 1. The molecule has 0 fully saturated rings. The topological polar surface area (TPSA) is 88.1 Å². The number of hydrogen-bond donors (Lipinski definition) is 1. The van der Waals surface area contributed by atoms with E-state index in [-0.39, 0.29) is 12.1 Å². The van der Waals surface area contributed by atoms with Gasteiger partial charge in [-0.15, -0.1) is 0 Å². The molecule has 0 aromatic heterocycles. The van der Waals surface area contributed by atoms with Gasteiger partial charge in [-0.05, 0) is 0 Å². The zero-order valence-electron chi connectivity index (χ0n) is 9.84. The molecule has 0 aliphatic heterocycles. The van der Waals surface area contributed by atoms with E-state index in [4.69, 9.17) is 45.3 Å². The average Bonchev–Trinajstić information content (AvgIpc) is 2.34. The van der Waals surface area contributed by atoms with Gasteiger partial charge in [0.05, 0.1) is 0 Å². The van der Waals surface area contributed by atoms with E-state index in [0.717, 1.165) is 5.56 Å². The first kappa shape index (κ1) is 17.8. The molecule has 0 heterocycles. The molecule has 0 spiro atoms. The van der Waals surface area contributed by atoms with Gasteiger partial charge in [0.15, 0.2) is 0 Å². The molecule has 6 nitrogen and oxygen atoms in total. The fourth-order valence-corrected chi connectivity index (χ4v) is 2.09. The van der Waals surface area contributed by atoms with Crippen molar-refractivity contribution >= 4 is 56.5 Å². The number of halogens is 4. The summed E-state index contributed by atoms with van der Waals surface area (Å²) in [5.41, 5.74) is -2.61. The molecule has 20 heavy (non-hydrogen) atoms. The summed E-state index contributed by atoms with van der Waals surface area (Å²) in [7, 11) is 0. The van der Waals surface area contributed by atoms with Gasteiger partial charge in [-0.25, -0.2) is 0 Å². The molecule has 1 aromatic rings. The van der Waals surface area contributed by atoms with E-state index in [1.807, 2.05) is 0 Å². The molecule has 0 radical (unpaired) electrons. The van der Waals surface area contributed by atoms with Crippen molar-refractivity contribution in [3.63, 3.8) is 0 Å². The fraction of sp³-hybridized carbons (Fsp3) is 0.333. The van der Waals surface area contributed by atoms with E-state index in [2.05, 4.69) is 10.00 Å². The number of nitrogens with zero attached hydrogens (tertiary/aromatic N) is 3. The Labute approximate surface area is 134 Å². The Kier molecular flexibility index (Phi) is 6.38. The monoisotopic (exact) mass is 379 g/mol. The number of non-ortho nitro benzene ring substituents is 1. The van der Waals surface area contributed by atoms with Crippen LogP contribution in [0.4, 0.5) is 5.69 Å². The van der Waals surface area contributed by atoms with Gasteiger partial charge >= 0.3 is 134 Å². The quantitative estimate of drug-likeness (QED) is 0.188. The molecule has 0 saturated carbocycles. The molecule has 0 saturated heterocycles. The summed E-state index contributed by atoms with van der Waals surface area (Å²) in [5.74, 6) is 0. The molecule has 0 amide bonds. The van der Waals surface area contributed by atoms with Crippen LogP contribution in [0.1, 0.15) is 12.0 Å². The molecule has 1 unspecified atom stereocenters. The van der Waals surface area contributed by atoms with Gasteiger partial charge in [0.1, 0.15) is 0 Å². The van der Waals surface area contributed by atoms with E-state index in [1.54, 1.807) is 12.1 Å². The SMILES string of the molecule is O=[N+]([O-])c1ccc(CCC(O)(Cl)N=N[PH](Cl)(Cl)Cl)cc1. The zero-order valence-corrected chi connectivity index (χ0v) is 13.9. The van der Waals surface area contributed by atoms with Crippen molar-refractivity contribution in [1.82, 2.24) is 0 Å². The molecular weight excluding hydrogens is 371 g/mol. The number of nitro benzene ring substituents is 1. The Morgan fingerprint density at radius 1 is 1.30 bits per heavy atom. The standard InChI is InChI=1S/C9H10Cl4N3O3P/c10-9(17,14-15-20(11,12)13)6-5-7-1-3-8(4-2-7)16(18)19/h1-4,17,20H,5-6H2. The molecule has 11 heteroatoms. The number of aryl methyl sites for hydroxylation is 1. The number of rotatable bonds is 6. The molecular formula is C9H10Cl4N3O3P. The van der Waals surface area contributed by atoms with Gasteiger partial charge in [-0.3, -0.25) is 0 Å². The van der Waals surface area contributed by atoms with E-state index < -0.39 is 15.6 Å². The van der Waals surface area contributed by atoms with Crippen molar-refractivity contribution in [3.05, 3.63) is 39.9 Å². The van der Waals surface area contributed by atoms with Crippen LogP contribution in [0.3, 0.4) is 0 Å². The van der Waals surface area contributed by atoms with Crippen LogP contribution in [0, 0.1) is 10.1 Å². The van der Waals surface area contributed by atoms with Crippen LogP contribution in [-0.4, -0.2) is 15.2 Å². The van der Waals surface area contributed by atoms with Crippen LogP contribution in [0.2, 0.25) is 0 Å². The summed E-state index contributed by atoms with van der Waals surface area (Å²) >= 11 is 22.1. The van der Waals surface area contributed by atoms with Crippen LogP contribution in [0.5, 0.6) is 0 Å². The second-order valence-corrected chi connectivity index (χ2v) is 12.2. The predicted molar refractivity (Wildman–Crippen MR) is 83.0 cm³/mol. The van der Waals surface area contributed by atoms with Crippen molar-refractivity contribution in [2.24, 2.45) is 10.00 Å². The minimum absolute atomic E-state index is 0.0169. The van der Waals surface area contributed by atoms with Crippen molar-refractivity contribution in [1.29, 1.82) is 0 Å². The van der Waals surface area contributed by atoms with Crippen molar-refractivity contribution in [2.75, 3.05) is 0 Å². The first-order chi connectivity index (χ1) is 9.09. The van der Waals surface area contributed by atoms with Gasteiger partial charge in [0, 0.05) is 0 Å². The molecule has 0 aliphatic rings. The Morgan fingerprint density at radius 2 is 1.85 bits per heavy atom. The Morgan fingerprint density at radius 3 is 2.30 bits per heavy atom. The van der Waals surface area contributed by atoms with Gasteiger partial charge < -0.3 is 0 Å². The van der Waals surface area contributed by atoms with Crippen molar-refractivity contribution in [3.8, 4) is 0 Å². The second-order valence-electron chi connectivity index (χ2n) is 3.81. The summed E-state index contributed by atoms with van der Waals surface area (Å²) in [4.78, 5) is 13.4. The predicted octanol–water partition coefficient (Wildman–Crippen LogP) is 4.99. The maximum atomic E-state index is 10.5. The van der Waals surface area contributed by atoms with Crippen molar-refractivity contribution in [2.45, 2.75) is 18.0 Å². The first-order valence-corrected chi connectivity index (χ1v) is 10.6. The van der Waals surface area contributed by atoms with Gasteiger partial charge in [-0.1, -0.05) is 0 Å². The molecule has 1 atom stereocenters. The van der Waals surface area contributed by atoms with Gasteiger partial charge in [0.2, 0.25) is 0 Å². The maximum absolute atomic E-state index is 10.5. The van der Waals surface area contributed by atoms with Crippen molar-refractivity contribution < 1.29 is 10.0 Å². The van der Waals surface area contributed by atoms with E-state index in [1.165, 1.54) is 12.1 Å². The first-order valence-electron chi connectivity index (χ1n) is 5.24. The average molecular weight is 381 g/mol. The van der Waals surface area contributed by atoms with Crippen LogP contribution >= 0.6 is 50.8 Å². The summed E-state index contributed by atoms with van der Waals surface area (Å²) in [6, 6.07) is 5.84. The van der Waals surface area contributed by atoms with E-state index in [0.29, 0.717) is 6.42 Å². The molecule has 112 valence electrons. The summed E-state index contributed by atoms with van der Waals surface area (Å²) < 4.78 is 0. The summed E-state index contributed by atoms with van der Waals surface area (Å²) in [6.07, 6.45) is 0.351. The normalized spacial score (nSPS) is 16.1. The Bertz CT molecular complexity index is 504. The molecule has 1 rings (SSSR count). The van der Waals surface area contributed by atoms with E-state index in [9.17, 15) is 15.2 Å². The molecule has 1 N–H and O–H groups in total. The van der Waals surface area contributed by atoms with Crippen LogP contribution in [0.25, 0.3) is 0 Å². The third-order valence-electron chi connectivity index (χ3n) is 2.20.